The molecule has 3 nitrogen and oxygen atoms in total. The van der Waals surface area contributed by atoms with Crippen molar-refractivity contribution in [2.75, 3.05) is 0 Å². The molecule has 0 atom stereocenters. The molecule has 0 radical (unpaired) electrons. The molecule has 0 fully saturated rings. The van der Waals surface area contributed by atoms with Crippen molar-refractivity contribution >= 4 is 55.5 Å². The average molecular weight is 472 g/mol. The van der Waals surface area contributed by atoms with Crippen LogP contribution in [0.15, 0.2) is 42.5 Å². The largest absolute Gasteiger partial charge is 0.506 e. The van der Waals surface area contributed by atoms with Gasteiger partial charge in [0.15, 0.2) is 0 Å². The standard InChI is InChI=1S/C17H8F3IN2OS/c18-17(19,20)10-3-6-14-13(7-10)23-16(25-14)12(8-22)15(24)9-1-4-11(21)5-2-9/h1-7,24H. The second-order valence-electron chi connectivity index (χ2n) is 5.04. The van der Waals surface area contributed by atoms with E-state index in [1.54, 1.807) is 24.3 Å². The molecular formula is C17H8F3IN2OS. The lowest BCUT2D eigenvalue weighted by molar-refractivity contribution is -0.137. The summed E-state index contributed by atoms with van der Waals surface area (Å²) in [5.41, 5.74) is -0.303. The number of aliphatic hydroxyl groups excluding tert-OH is 1. The smallest absolute Gasteiger partial charge is 0.416 e. The lowest BCUT2D eigenvalue weighted by atomic mass is 10.1. The van der Waals surface area contributed by atoms with Crippen molar-refractivity contribution in [3.63, 3.8) is 0 Å². The Labute approximate surface area is 158 Å². The van der Waals surface area contributed by atoms with E-state index in [0.29, 0.717) is 10.3 Å². The summed E-state index contributed by atoms with van der Waals surface area (Å²) in [5.74, 6) is -0.256. The average Bonchev–Trinajstić information content (AvgIpc) is 2.98. The highest BCUT2D eigenvalue weighted by Crippen LogP contribution is 2.35. The molecule has 3 aromatic rings. The molecule has 2 aromatic carbocycles. The van der Waals surface area contributed by atoms with E-state index in [2.05, 4.69) is 27.6 Å². The van der Waals surface area contributed by atoms with Gasteiger partial charge in [0.1, 0.15) is 22.4 Å². The van der Waals surface area contributed by atoms with E-state index in [1.165, 1.54) is 6.07 Å². The summed E-state index contributed by atoms with van der Waals surface area (Å²) in [6, 6.07) is 12.0. The van der Waals surface area contributed by atoms with Gasteiger partial charge in [0.2, 0.25) is 0 Å². The summed E-state index contributed by atoms with van der Waals surface area (Å²) in [4.78, 5) is 4.10. The molecule has 126 valence electrons. The van der Waals surface area contributed by atoms with Crippen molar-refractivity contribution < 1.29 is 18.3 Å². The Balaban J connectivity index is 2.11. The molecule has 0 aliphatic heterocycles. The highest BCUT2D eigenvalue weighted by Gasteiger charge is 2.31. The highest BCUT2D eigenvalue weighted by molar-refractivity contribution is 14.1. The van der Waals surface area contributed by atoms with Gasteiger partial charge in [-0.15, -0.1) is 11.3 Å². The van der Waals surface area contributed by atoms with Gasteiger partial charge in [-0.25, -0.2) is 4.98 Å². The first-order chi connectivity index (χ1) is 11.8. The number of nitriles is 1. The van der Waals surface area contributed by atoms with Crippen LogP contribution in [0.5, 0.6) is 0 Å². The predicted molar refractivity (Wildman–Crippen MR) is 98.8 cm³/mol. The second-order valence-corrected chi connectivity index (χ2v) is 7.32. The van der Waals surface area contributed by atoms with Crippen LogP contribution in [0.4, 0.5) is 13.2 Å². The molecule has 0 spiro atoms. The molecule has 0 amide bonds. The lowest BCUT2D eigenvalue weighted by Gasteiger charge is -2.04. The maximum absolute atomic E-state index is 12.8. The second kappa shape index (κ2) is 6.65. The van der Waals surface area contributed by atoms with Crippen molar-refractivity contribution in [1.29, 1.82) is 5.26 Å². The third-order valence-electron chi connectivity index (χ3n) is 3.40. The number of fused-ring (bicyclic) bond motifs is 1. The number of hydrogen-bond donors (Lipinski definition) is 1. The third kappa shape index (κ3) is 3.62. The molecule has 0 saturated heterocycles. The number of rotatable bonds is 2. The van der Waals surface area contributed by atoms with Gasteiger partial charge in [-0.2, -0.15) is 18.4 Å². The van der Waals surface area contributed by atoms with Crippen LogP contribution in [0, 0.1) is 14.9 Å². The van der Waals surface area contributed by atoms with Crippen molar-refractivity contribution in [1.82, 2.24) is 4.98 Å². The van der Waals surface area contributed by atoms with Gasteiger partial charge < -0.3 is 5.11 Å². The summed E-state index contributed by atoms with van der Waals surface area (Å²) in [7, 11) is 0. The third-order valence-corrected chi connectivity index (χ3v) is 5.17. The predicted octanol–water partition coefficient (Wildman–Crippen LogP) is 5.87. The van der Waals surface area contributed by atoms with Crippen LogP contribution in [-0.4, -0.2) is 10.1 Å². The van der Waals surface area contributed by atoms with Crippen LogP contribution in [0.25, 0.3) is 21.5 Å². The maximum Gasteiger partial charge on any atom is 0.416 e. The van der Waals surface area contributed by atoms with E-state index >= 15 is 0 Å². The minimum Gasteiger partial charge on any atom is -0.506 e. The molecule has 0 aliphatic carbocycles. The van der Waals surface area contributed by atoms with Gasteiger partial charge in [-0.1, -0.05) is 12.1 Å². The lowest BCUT2D eigenvalue weighted by Crippen LogP contribution is -2.03. The molecule has 0 aliphatic rings. The Hall–Kier alpha value is -2.12. The number of benzene rings is 2. The fourth-order valence-corrected chi connectivity index (χ4v) is 3.47. The first-order valence-corrected chi connectivity index (χ1v) is 8.76. The zero-order chi connectivity index (χ0) is 18.2. The number of hydrogen-bond acceptors (Lipinski definition) is 4. The summed E-state index contributed by atoms with van der Waals surface area (Å²) >= 11 is 3.17. The number of aromatic nitrogens is 1. The number of allylic oxidation sites excluding steroid dienone is 1. The van der Waals surface area contributed by atoms with Crippen molar-refractivity contribution in [2.24, 2.45) is 0 Å². The van der Waals surface area contributed by atoms with Crippen LogP contribution in [-0.2, 0) is 6.18 Å². The van der Waals surface area contributed by atoms with E-state index in [1.807, 2.05) is 6.07 Å². The number of aliphatic hydroxyl groups is 1. The summed E-state index contributed by atoms with van der Waals surface area (Å²) in [6.07, 6.45) is -4.46. The zero-order valence-electron chi connectivity index (χ0n) is 12.3. The molecule has 3 rings (SSSR count). The van der Waals surface area contributed by atoms with Crippen molar-refractivity contribution in [2.45, 2.75) is 6.18 Å². The minimum atomic E-state index is -4.46. The Bertz CT molecular complexity index is 1020. The molecule has 1 N–H and O–H groups in total. The Morgan fingerprint density at radius 2 is 1.84 bits per heavy atom. The van der Waals surface area contributed by atoms with Gasteiger partial charge >= 0.3 is 6.18 Å². The van der Waals surface area contributed by atoms with Crippen LogP contribution in [0.3, 0.4) is 0 Å². The molecule has 1 aromatic heterocycles. The van der Waals surface area contributed by atoms with E-state index < -0.39 is 11.7 Å². The number of nitrogens with zero attached hydrogens (tertiary/aromatic N) is 2. The fraction of sp³-hybridized carbons (Fsp3) is 0.0588. The van der Waals surface area contributed by atoms with Gasteiger partial charge in [0, 0.05) is 9.13 Å². The Morgan fingerprint density at radius 3 is 2.44 bits per heavy atom. The van der Waals surface area contributed by atoms with E-state index in [9.17, 15) is 23.5 Å². The van der Waals surface area contributed by atoms with Crippen molar-refractivity contribution in [3.05, 3.63) is 62.2 Å². The molecule has 25 heavy (non-hydrogen) atoms. The fourth-order valence-electron chi connectivity index (χ4n) is 2.16. The number of halogens is 4. The number of thiazole rings is 1. The van der Waals surface area contributed by atoms with Crippen LogP contribution in [0.1, 0.15) is 16.1 Å². The van der Waals surface area contributed by atoms with E-state index in [4.69, 9.17) is 0 Å². The molecule has 0 unspecified atom stereocenters. The van der Waals surface area contributed by atoms with Gasteiger partial charge in [0.05, 0.1) is 15.8 Å². The van der Waals surface area contributed by atoms with Gasteiger partial charge in [-0.3, -0.25) is 0 Å². The Kier molecular flexibility index (Phi) is 4.71. The molecular weight excluding hydrogens is 464 g/mol. The van der Waals surface area contributed by atoms with Crippen LogP contribution >= 0.6 is 33.9 Å². The minimum absolute atomic E-state index is 0.0732. The summed E-state index contributed by atoms with van der Waals surface area (Å²) < 4.78 is 39.9. The molecule has 8 heteroatoms. The summed E-state index contributed by atoms with van der Waals surface area (Å²) in [6.45, 7) is 0. The molecule has 0 bridgehead atoms. The topological polar surface area (TPSA) is 56.9 Å². The monoisotopic (exact) mass is 472 g/mol. The quantitative estimate of drug-likeness (QED) is 0.289. The zero-order valence-corrected chi connectivity index (χ0v) is 15.3. The van der Waals surface area contributed by atoms with Crippen LogP contribution < -0.4 is 0 Å². The molecule has 0 saturated carbocycles. The normalized spacial score (nSPS) is 12.8. The maximum atomic E-state index is 12.8. The van der Waals surface area contributed by atoms with E-state index in [-0.39, 0.29) is 21.9 Å². The first kappa shape index (κ1) is 17.7. The summed E-state index contributed by atoms with van der Waals surface area (Å²) in [5, 5.41) is 19.9. The van der Waals surface area contributed by atoms with Gasteiger partial charge in [-0.05, 0) is 52.9 Å². The highest BCUT2D eigenvalue weighted by atomic mass is 127. The molecule has 1 heterocycles. The Morgan fingerprint density at radius 1 is 1.16 bits per heavy atom. The first-order valence-electron chi connectivity index (χ1n) is 6.87. The SMILES string of the molecule is N#CC(=C(O)c1ccc(I)cc1)c1nc2cc(C(F)(F)F)ccc2s1. The van der Waals surface area contributed by atoms with Crippen LogP contribution in [0.2, 0.25) is 0 Å². The van der Waals surface area contributed by atoms with E-state index in [0.717, 1.165) is 27.0 Å². The van der Waals surface area contributed by atoms with Gasteiger partial charge in [0.25, 0.3) is 0 Å². The van der Waals surface area contributed by atoms with Crippen molar-refractivity contribution in [3.8, 4) is 6.07 Å². The number of alkyl halides is 3.